The van der Waals surface area contributed by atoms with E-state index in [1.54, 1.807) is 10.6 Å². The fourth-order valence-electron chi connectivity index (χ4n) is 3.36. The van der Waals surface area contributed by atoms with Gasteiger partial charge < -0.3 is 20.3 Å². The summed E-state index contributed by atoms with van der Waals surface area (Å²) in [7, 11) is 0. The van der Waals surface area contributed by atoms with E-state index in [0.717, 1.165) is 19.6 Å². The number of aromatic nitrogens is 2. The minimum atomic E-state index is -0.322. The average Bonchev–Trinajstić information content (AvgIpc) is 3.10. The highest BCUT2D eigenvalue weighted by molar-refractivity contribution is 7.15. The molecular formula is C12H15N5O2S. The summed E-state index contributed by atoms with van der Waals surface area (Å²) >= 11 is 1.43. The molecule has 4 rings (SSSR count). The molecule has 1 N–H and O–H groups in total. The van der Waals surface area contributed by atoms with E-state index in [2.05, 4.69) is 15.2 Å². The highest BCUT2D eigenvalue weighted by Crippen LogP contribution is 2.35. The van der Waals surface area contributed by atoms with Crippen LogP contribution in [0.2, 0.25) is 0 Å². The van der Waals surface area contributed by atoms with Gasteiger partial charge in [-0.3, -0.25) is 0 Å². The molecule has 2 saturated heterocycles. The van der Waals surface area contributed by atoms with E-state index in [1.807, 2.05) is 5.38 Å². The summed E-state index contributed by atoms with van der Waals surface area (Å²) in [6.45, 7) is 2.73. The third-order valence-corrected chi connectivity index (χ3v) is 5.05. The Morgan fingerprint density at radius 1 is 1.50 bits per heavy atom. The molecule has 2 aliphatic rings. The van der Waals surface area contributed by atoms with E-state index in [1.165, 1.54) is 24.2 Å². The number of fused-ring (bicyclic) bond motifs is 2. The van der Waals surface area contributed by atoms with Gasteiger partial charge in [0.15, 0.2) is 0 Å². The molecule has 2 fully saturated rings. The summed E-state index contributed by atoms with van der Waals surface area (Å²) in [4.78, 5) is 18.3. The van der Waals surface area contributed by atoms with Crippen molar-refractivity contribution in [1.29, 1.82) is 0 Å². The van der Waals surface area contributed by atoms with Crippen molar-refractivity contribution in [2.24, 2.45) is 5.92 Å². The summed E-state index contributed by atoms with van der Waals surface area (Å²) in [6, 6.07) is 0.447. The first kappa shape index (κ1) is 12.1. The van der Waals surface area contributed by atoms with E-state index in [0.29, 0.717) is 22.7 Å². The van der Waals surface area contributed by atoms with E-state index < -0.39 is 0 Å². The molecule has 0 aromatic carbocycles. The minimum Gasteiger partial charge on any atom is -0.358 e. The Morgan fingerprint density at radius 2 is 2.40 bits per heavy atom. The second-order valence-electron chi connectivity index (χ2n) is 5.44. The molecule has 106 valence electrons. The lowest BCUT2D eigenvalue weighted by atomic mass is 9.94. The Kier molecular flexibility index (Phi) is 2.67. The number of thiazole rings is 1. The lowest BCUT2D eigenvalue weighted by Gasteiger charge is -2.24. The van der Waals surface area contributed by atoms with Crippen molar-refractivity contribution in [3.63, 3.8) is 0 Å². The SMILES string of the molecule is O=[N+]([O-])c1c(N2CC3CCCNC3C2)nc2sccn12. The van der Waals surface area contributed by atoms with Gasteiger partial charge in [0.05, 0.1) is 0 Å². The summed E-state index contributed by atoms with van der Waals surface area (Å²) in [5.74, 6) is 1.21. The molecule has 0 amide bonds. The number of anilines is 1. The first-order valence-corrected chi connectivity index (χ1v) is 7.70. The van der Waals surface area contributed by atoms with Gasteiger partial charge in [-0.15, -0.1) is 0 Å². The maximum absolute atomic E-state index is 11.4. The molecule has 2 aliphatic heterocycles. The van der Waals surface area contributed by atoms with Crippen molar-refractivity contribution >= 4 is 27.9 Å². The van der Waals surface area contributed by atoms with Gasteiger partial charge in [-0.2, -0.15) is 9.38 Å². The lowest BCUT2D eigenvalue weighted by Crippen LogP contribution is -2.40. The van der Waals surface area contributed by atoms with E-state index in [-0.39, 0.29) is 10.7 Å². The first-order valence-electron chi connectivity index (χ1n) is 6.82. The quantitative estimate of drug-likeness (QED) is 0.670. The second-order valence-corrected chi connectivity index (χ2v) is 6.31. The summed E-state index contributed by atoms with van der Waals surface area (Å²) < 4.78 is 1.58. The highest BCUT2D eigenvalue weighted by atomic mass is 32.1. The monoisotopic (exact) mass is 293 g/mol. The third kappa shape index (κ3) is 1.71. The Labute approximate surface area is 119 Å². The summed E-state index contributed by atoms with van der Waals surface area (Å²) in [5, 5.41) is 16.7. The largest absolute Gasteiger partial charge is 0.373 e. The van der Waals surface area contributed by atoms with Crippen LogP contribution in [0.25, 0.3) is 4.96 Å². The van der Waals surface area contributed by atoms with Crippen LogP contribution in [0.15, 0.2) is 11.6 Å². The molecule has 8 heteroatoms. The number of nitro groups is 1. The van der Waals surface area contributed by atoms with Crippen LogP contribution in [0.5, 0.6) is 0 Å². The molecular weight excluding hydrogens is 278 g/mol. The molecule has 0 bridgehead atoms. The van der Waals surface area contributed by atoms with E-state index in [9.17, 15) is 10.1 Å². The second kappa shape index (κ2) is 4.42. The van der Waals surface area contributed by atoms with Gasteiger partial charge in [-0.25, -0.2) is 0 Å². The standard InChI is InChI=1S/C12H15N5O2S/c18-17(19)11-10(14-12-16(11)4-5-20-12)15-6-8-2-1-3-13-9(8)7-15/h4-5,8-9,13H,1-3,6-7H2. The fraction of sp³-hybridized carbons (Fsp3) is 0.583. The van der Waals surface area contributed by atoms with Gasteiger partial charge in [0.25, 0.3) is 4.96 Å². The molecule has 2 atom stereocenters. The molecule has 0 spiro atoms. The van der Waals surface area contributed by atoms with Crippen LogP contribution in [0.1, 0.15) is 12.8 Å². The third-order valence-electron chi connectivity index (χ3n) is 4.29. The van der Waals surface area contributed by atoms with Crippen molar-refractivity contribution < 1.29 is 4.92 Å². The zero-order valence-electron chi connectivity index (χ0n) is 10.9. The average molecular weight is 293 g/mol. The molecule has 4 heterocycles. The van der Waals surface area contributed by atoms with Crippen molar-refractivity contribution in [2.75, 3.05) is 24.5 Å². The normalized spacial score (nSPS) is 26.1. The number of imidazole rings is 1. The Balaban J connectivity index is 1.73. The van der Waals surface area contributed by atoms with Crippen molar-refractivity contribution in [1.82, 2.24) is 14.7 Å². The van der Waals surface area contributed by atoms with Gasteiger partial charge in [0.1, 0.15) is 6.20 Å². The van der Waals surface area contributed by atoms with Gasteiger partial charge in [-0.1, -0.05) is 11.3 Å². The van der Waals surface area contributed by atoms with E-state index >= 15 is 0 Å². The van der Waals surface area contributed by atoms with Crippen molar-refractivity contribution in [3.8, 4) is 0 Å². The fourth-order valence-corrected chi connectivity index (χ4v) is 4.07. The predicted molar refractivity (Wildman–Crippen MR) is 76.5 cm³/mol. The Hall–Kier alpha value is -1.67. The number of hydrogen-bond donors (Lipinski definition) is 1. The Bertz CT molecular complexity index is 652. The topological polar surface area (TPSA) is 75.7 Å². The van der Waals surface area contributed by atoms with Crippen LogP contribution in [-0.4, -0.2) is 40.0 Å². The number of nitrogens with one attached hydrogen (secondary N) is 1. The maximum Gasteiger partial charge on any atom is 0.373 e. The zero-order chi connectivity index (χ0) is 13.7. The van der Waals surface area contributed by atoms with Gasteiger partial charge in [0, 0.05) is 24.5 Å². The van der Waals surface area contributed by atoms with Gasteiger partial charge in [-0.05, 0) is 30.2 Å². The van der Waals surface area contributed by atoms with Gasteiger partial charge in [0.2, 0.25) is 5.82 Å². The van der Waals surface area contributed by atoms with Crippen molar-refractivity contribution in [3.05, 3.63) is 21.7 Å². The van der Waals surface area contributed by atoms with Crippen molar-refractivity contribution in [2.45, 2.75) is 18.9 Å². The number of hydrogen-bond acceptors (Lipinski definition) is 6. The maximum atomic E-state index is 11.4. The highest BCUT2D eigenvalue weighted by Gasteiger charge is 2.38. The minimum absolute atomic E-state index is 0.0971. The summed E-state index contributed by atoms with van der Waals surface area (Å²) in [5.41, 5.74) is 0. The van der Waals surface area contributed by atoms with Crippen LogP contribution in [0.3, 0.4) is 0 Å². The molecule has 2 aromatic rings. The number of piperidine rings is 1. The number of nitrogens with zero attached hydrogens (tertiary/aromatic N) is 4. The first-order chi connectivity index (χ1) is 9.74. The Morgan fingerprint density at radius 3 is 3.20 bits per heavy atom. The molecule has 0 saturated carbocycles. The molecule has 7 nitrogen and oxygen atoms in total. The smallest absolute Gasteiger partial charge is 0.358 e. The van der Waals surface area contributed by atoms with Gasteiger partial charge >= 0.3 is 5.82 Å². The van der Waals surface area contributed by atoms with Crippen LogP contribution in [0.4, 0.5) is 11.6 Å². The molecule has 0 aliphatic carbocycles. The van der Waals surface area contributed by atoms with Crippen LogP contribution < -0.4 is 10.2 Å². The molecule has 20 heavy (non-hydrogen) atoms. The zero-order valence-corrected chi connectivity index (χ0v) is 11.7. The predicted octanol–water partition coefficient (Wildman–Crippen LogP) is 1.49. The van der Waals surface area contributed by atoms with Crippen LogP contribution >= 0.6 is 11.3 Å². The molecule has 2 aromatic heterocycles. The molecule has 0 radical (unpaired) electrons. The van der Waals surface area contributed by atoms with Crippen LogP contribution in [0, 0.1) is 16.0 Å². The summed E-state index contributed by atoms with van der Waals surface area (Å²) in [6.07, 6.45) is 4.11. The van der Waals surface area contributed by atoms with E-state index in [4.69, 9.17) is 0 Å². The molecule has 2 unspecified atom stereocenters. The lowest BCUT2D eigenvalue weighted by molar-refractivity contribution is -0.389. The van der Waals surface area contributed by atoms with Crippen LogP contribution in [-0.2, 0) is 0 Å². The number of rotatable bonds is 2.